The first-order valence-electron chi connectivity index (χ1n) is 7.09. The Labute approximate surface area is 133 Å². The van der Waals surface area contributed by atoms with E-state index < -0.39 is 0 Å². The Morgan fingerprint density at radius 3 is 2.43 bits per heavy atom. The predicted octanol–water partition coefficient (Wildman–Crippen LogP) is 4.58. The topological polar surface area (TPSA) is 29.3 Å². The lowest BCUT2D eigenvalue weighted by Crippen LogP contribution is -2.24. The summed E-state index contributed by atoms with van der Waals surface area (Å²) in [6.45, 7) is 4.47. The van der Waals surface area contributed by atoms with Gasteiger partial charge in [-0.15, -0.1) is 0 Å². The van der Waals surface area contributed by atoms with Crippen LogP contribution in [-0.2, 0) is 13.1 Å². The Balaban J connectivity index is 2.09. The molecule has 0 bridgehead atoms. The molecular weight excluding hydrogens is 331 g/mol. The number of hydrogen-bond donors (Lipinski definition) is 1. The van der Waals surface area contributed by atoms with Gasteiger partial charge in [-0.25, -0.2) is 4.39 Å². The Kier molecular flexibility index (Phi) is 5.76. The number of anilines is 1. The van der Waals surface area contributed by atoms with Crippen molar-refractivity contribution in [3.8, 4) is 0 Å². The number of nitrogens with two attached hydrogens (primary N) is 1. The summed E-state index contributed by atoms with van der Waals surface area (Å²) in [5, 5.41) is 0. The van der Waals surface area contributed by atoms with Gasteiger partial charge in [-0.3, -0.25) is 4.90 Å². The van der Waals surface area contributed by atoms with Crippen LogP contribution < -0.4 is 5.73 Å². The van der Waals surface area contributed by atoms with E-state index in [1.54, 1.807) is 0 Å². The molecule has 0 atom stereocenters. The minimum absolute atomic E-state index is 0.164. The first kappa shape index (κ1) is 16.0. The number of benzene rings is 2. The highest BCUT2D eigenvalue weighted by molar-refractivity contribution is 9.10. The Hall–Kier alpha value is -1.39. The zero-order chi connectivity index (χ0) is 15.2. The number of rotatable bonds is 6. The molecule has 0 saturated carbocycles. The third-order valence-corrected chi connectivity index (χ3v) is 3.83. The van der Waals surface area contributed by atoms with Crippen molar-refractivity contribution in [3.05, 3.63) is 63.9 Å². The zero-order valence-corrected chi connectivity index (χ0v) is 13.7. The molecule has 0 aliphatic heterocycles. The van der Waals surface area contributed by atoms with Gasteiger partial charge in [0.15, 0.2) is 0 Å². The summed E-state index contributed by atoms with van der Waals surface area (Å²) in [4.78, 5) is 2.25. The van der Waals surface area contributed by atoms with E-state index in [9.17, 15) is 4.39 Å². The van der Waals surface area contributed by atoms with Gasteiger partial charge in [0, 0.05) is 28.8 Å². The van der Waals surface area contributed by atoms with Gasteiger partial charge in [0.05, 0.1) is 0 Å². The average molecular weight is 351 g/mol. The van der Waals surface area contributed by atoms with E-state index in [0.717, 1.165) is 35.2 Å². The smallest absolute Gasteiger partial charge is 0.128 e. The van der Waals surface area contributed by atoms with Crippen molar-refractivity contribution in [2.24, 2.45) is 0 Å². The molecule has 2 aromatic rings. The summed E-state index contributed by atoms with van der Waals surface area (Å²) in [7, 11) is 0. The van der Waals surface area contributed by atoms with E-state index in [2.05, 4.69) is 27.8 Å². The first-order valence-corrected chi connectivity index (χ1v) is 7.88. The van der Waals surface area contributed by atoms with E-state index >= 15 is 0 Å². The van der Waals surface area contributed by atoms with Crippen LogP contribution in [0.15, 0.2) is 46.9 Å². The molecule has 2 N–H and O–H groups in total. The predicted molar refractivity (Wildman–Crippen MR) is 89.4 cm³/mol. The lowest BCUT2D eigenvalue weighted by molar-refractivity contribution is 0.253. The van der Waals surface area contributed by atoms with Crippen LogP contribution in [0, 0.1) is 5.82 Å². The third kappa shape index (κ3) is 4.83. The fourth-order valence-electron chi connectivity index (χ4n) is 2.30. The average Bonchev–Trinajstić information content (AvgIpc) is 2.44. The fourth-order valence-corrected chi connectivity index (χ4v) is 2.64. The molecule has 2 nitrogen and oxygen atoms in total. The third-order valence-electron chi connectivity index (χ3n) is 3.33. The highest BCUT2D eigenvalue weighted by Crippen LogP contribution is 2.18. The van der Waals surface area contributed by atoms with Crippen LogP contribution >= 0.6 is 15.9 Å². The fraction of sp³-hybridized carbons (Fsp3) is 0.294. The van der Waals surface area contributed by atoms with Gasteiger partial charge in [-0.2, -0.15) is 0 Å². The Bertz CT molecular complexity index is 584. The quantitative estimate of drug-likeness (QED) is 0.772. The van der Waals surface area contributed by atoms with Gasteiger partial charge in [-0.1, -0.05) is 41.1 Å². The van der Waals surface area contributed by atoms with E-state index in [0.29, 0.717) is 6.54 Å². The van der Waals surface area contributed by atoms with Crippen molar-refractivity contribution in [1.29, 1.82) is 0 Å². The molecule has 0 radical (unpaired) electrons. The summed E-state index contributed by atoms with van der Waals surface area (Å²) in [6.07, 6.45) is 1.03. The van der Waals surface area contributed by atoms with Crippen LogP contribution in [0.2, 0.25) is 0 Å². The zero-order valence-electron chi connectivity index (χ0n) is 12.2. The number of nitrogen functional groups attached to an aromatic ring is 1. The molecule has 112 valence electrons. The molecule has 0 amide bonds. The summed E-state index contributed by atoms with van der Waals surface area (Å²) in [5.41, 5.74) is 8.38. The summed E-state index contributed by atoms with van der Waals surface area (Å²) in [6, 6.07) is 13.1. The minimum atomic E-state index is -0.164. The molecule has 0 aromatic heterocycles. The van der Waals surface area contributed by atoms with Crippen molar-refractivity contribution in [2.75, 3.05) is 12.3 Å². The molecular formula is C17H20BrFN2. The van der Waals surface area contributed by atoms with Crippen molar-refractivity contribution < 1.29 is 4.39 Å². The molecule has 0 unspecified atom stereocenters. The molecule has 0 heterocycles. The van der Waals surface area contributed by atoms with Crippen LogP contribution in [0.4, 0.5) is 10.1 Å². The molecule has 0 aliphatic rings. The van der Waals surface area contributed by atoms with Gasteiger partial charge in [0.1, 0.15) is 5.82 Å². The van der Waals surface area contributed by atoms with Crippen molar-refractivity contribution in [2.45, 2.75) is 26.4 Å². The van der Waals surface area contributed by atoms with Crippen LogP contribution in [0.3, 0.4) is 0 Å². The monoisotopic (exact) mass is 350 g/mol. The van der Waals surface area contributed by atoms with E-state index in [4.69, 9.17) is 5.73 Å². The number of nitrogens with zero attached hydrogens (tertiary/aromatic N) is 1. The highest BCUT2D eigenvalue weighted by atomic mass is 79.9. The Morgan fingerprint density at radius 1 is 1.10 bits per heavy atom. The lowest BCUT2D eigenvalue weighted by Gasteiger charge is -2.22. The van der Waals surface area contributed by atoms with Gasteiger partial charge >= 0.3 is 0 Å². The molecule has 0 saturated heterocycles. The summed E-state index contributed by atoms with van der Waals surface area (Å²) < 4.78 is 14.7. The maximum Gasteiger partial charge on any atom is 0.128 e. The number of hydrogen-bond acceptors (Lipinski definition) is 2. The molecule has 4 heteroatoms. The molecule has 2 aromatic carbocycles. The largest absolute Gasteiger partial charge is 0.399 e. The normalized spacial score (nSPS) is 11.0. The van der Waals surface area contributed by atoms with Crippen molar-refractivity contribution in [3.63, 3.8) is 0 Å². The molecule has 0 spiro atoms. The highest BCUT2D eigenvalue weighted by Gasteiger charge is 2.10. The van der Waals surface area contributed by atoms with Gasteiger partial charge in [-0.05, 0) is 42.8 Å². The SMILES string of the molecule is CCCN(Cc1ccc(N)cc1)Cc1ccc(Br)cc1F. The van der Waals surface area contributed by atoms with Gasteiger partial charge < -0.3 is 5.73 Å². The second-order valence-corrected chi connectivity index (χ2v) is 6.10. The summed E-state index contributed by atoms with van der Waals surface area (Å²) in [5.74, 6) is -0.164. The lowest BCUT2D eigenvalue weighted by atomic mass is 10.1. The second-order valence-electron chi connectivity index (χ2n) is 5.19. The second kappa shape index (κ2) is 7.57. The van der Waals surface area contributed by atoms with Gasteiger partial charge in [0.25, 0.3) is 0 Å². The molecule has 0 aliphatic carbocycles. The molecule has 21 heavy (non-hydrogen) atoms. The molecule has 2 rings (SSSR count). The van der Waals surface area contributed by atoms with E-state index in [1.807, 2.05) is 36.4 Å². The first-order chi connectivity index (χ1) is 10.1. The maximum atomic E-state index is 14.0. The van der Waals surface area contributed by atoms with E-state index in [1.165, 1.54) is 11.6 Å². The van der Waals surface area contributed by atoms with Crippen molar-refractivity contribution >= 4 is 21.6 Å². The van der Waals surface area contributed by atoms with Crippen molar-refractivity contribution in [1.82, 2.24) is 4.90 Å². The maximum absolute atomic E-state index is 14.0. The molecule has 0 fully saturated rings. The van der Waals surface area contributed by atoms with E-state index in [-0.39, 0.29) is 5.82 Å². The Morgan fingerprint density at radius 2 is 1.81 bits per heavy atom. The van der Waals surface area contributed by atoms with Crippen LogP contribution in [0.5, 0.6) is 0 Å². The van der Waals surface area contributed by atoms with Crippen LogP contribution in [0.1, 0.15) is 24.5 Å². The standard InChI is InChI=1S/C17H20BrFN2/c1-2-9-21(11-13-3-7-16(20)8-4-13)12-14-5-6-15(18)10-17(14)19/h3-8,10H,2,9,11-12,20H2,1H3. The van der Waals surface area contributed by atoms with Gasteiger partial charge in [0.2, 0.25) is 0 Å². The number of halogens is 2. The minimum Gasteiger partial charge on any atom is -0.399 e. The van der Waals surface area contributed by atoms with Crippen LogP contribution in [-0.4, -0.2) is 11.4 Å². The summed E-state index contributed by atoms with van der Waals surface area (Å²) >= 11 is 3.29. The van der Waals surface area contributed by atoms with Crippen LogP contribution in [0.25, 0.3) is 0 Å².